The second-order valence-electron chi connectivity index (χ2n) is 9.45. The molecule has 8 heteroatoms. The summed E-state index contributed by atoms with van der Waals surface area (Å²) in [6.45, 7) is 3.99. The van der Waals surface area contributed by atoms with Crippen LogP contribution in [0.25, 0.3) is 17.1 Å². The lowest BCUT2D eigenvalue weighted by atomic mass is 9.95. The van der Waals surface area contributed by atoms with Crippen molar-refractivity contribution in [3.8, 4) is 17.1 Å². The molecule has 2 N–H and O–H groups in total. The highest BCUT2D eigenvalue weighted by molar-refractivity contribution is 5.97. The quantitative estimate of drug-likeness (QED) is 0.427. The van der Waals surface area contributed by atoms with Crippen LogP contribution in [0.15, 0.2) is 55.1 Å². The average molecular weight is 469 g/mol. The third kappa shape index (κ3) is 4.16. The van der Waals surface area contributed by atoms with Gasteiger partial charge >= 0.3 is 0 Å². The van der Waals surface area contributed by atoms with Crippen LogP contribution in [0, 0.1) is 12.7 Å². The Morgan fingerprint density at radius 2 is 2.00 bits per heavy atom. The van der Waals surface area contributed by atoms with E-state index < -0.39 is 5.82 Å². The highest BCUT2D eigenvalue weighted by atomic mass is 19.1. The van der Waals surface area contributed by atoms with Crippen LogP contribution in [0.3, 0.4) is 0 Å². The summed E-state index contributed by atoms with van der Waals surface area (Å²) < 4.78 is 16.7. The lowest BCUT2D eigenvalue weighted by Gasteiger charge is -2.23. The predicted octanol–water partition coefficient (Wildman–Crippen LogP) is 5.07. The number of hydrogen-bond donors (Lipinski definition) is 2. The zero-order valence-corrected chi connectivity index (χ0v) is 19.5. The molecule has 0 bridgehead atoms. The number of aryl methyl sites for hydroxylation is 1. The molecule has 3 heterocycles. The van der Waals surface area contributed by atoms with Gasteiger partial charge in [-0.1, -0.05) is 0 Å². The van der Waals surface area contributed by atoms with Gasteiger partial charge in [-0.15, -0.1) is 0 Å². The number of aromatic nitrogens is 4. The van der Waals surface area contributed by atoms with E-state index in [1.807, 2.05) is 49.0 Å². The number of amides is 1. The fraction of sp³-hybridized carbons (Fsp3) is 0.259. The summed E-state index contributed by atoms with van der Waals surface area (Å²) in [4.78, 5) is 25.4. The third-order valence-electron chi connectivity index (χ3n) is 6.59. The van der Waals surface area contributed by atoms with Crippen molar-refractivity contribution in [2.45, 2.75) is 45.1 Å². The number of nitrogens with zero attached hydrogens (tertiary/aromatic N) is 4. The van der Waals surface area contributed by atoms with E-state index >= 15 is 0 Å². The van der Waals surface area contributed by atoms with E-state index in [9.17, 15) is 9.18 Å². The van der Waals surface area contributed by atoms with Gasteiger partial charge in [0.15, 0.2) is 17.5 Å². The van der Waals surface area contributed by atoms with Gasteiger partial charge in [-0.25, -0.2) is 19.3 Å². The molecule has 7 nitrogen and oxygen atoms in total. The maximum atomic E-state index is 14.6. The lowest BCUT2D eigenvalue weighted by molar-refractivity contribution is 0.0929. The molecular formula is C27H25FN6O. The molecule has 1 atom stereocenters. The minimum absolute atomic E-state index is 0.0569. The van der Waals surface area contributed by atoms with Crippen LogP contribution in [-0.4, -0.2) is 31.5 Å². The third-order valence-corrected chi connectivity index (χ3v) is 6.59. The van der Waals surface area contributed by atoms with Crippen LogP contribution in [-0.2, 0) is 6.42 Å². The van der Waals surface area contributed by atoms with Gasteiger partial charge < -0.3 is 15.2 Å². The summed E-state index contributed by atoms with van der Waals surface area (Å²) in [5.41, 5.74) is 6.28. The molecule has 1 aliphatic heterocycles. The van der Waals surface area contributed by atoms with Gasteiger partial charge in [-0.05, 0) is 80.6 Å². The zero-order chi connectivity index (χ0) is 24.1. The Hall–Kier alpha value is -4.07. The SMILES string of the molecule is Cc1cc(-c2ncc(F)c(Nc3ccc4c(c3)C[C@@H](C)NC4=O)n2)ccc1-n1cnc(C2CC2)c1. The molecule has 4 aromatic rings. The first-order valence-electron chi connectivity index (χ1n) is 11.8. The number of hydrogen-bond acceptors (Lipinski definition) is 5. The van der Waals surface area contributed by atoms with Crippen molar-refractivity contribution >= 4 is 17.4 Å². The Morgan fingerprint density at radius 1 is 1.14 bits per heavy atom. The van der Waals surface area contributed by atoms with E-state index in [4.69, 9.17) is 0 Å². The molecule has 2 aliphatic rings. The molecule has 35 heavy (non-hydrogen) atoms. The topological polar surface area (TPSA) is 84.7 Å². The van der Waals surface area contributed by atoms with Crippen LogP contribution < -0.4 is 10.6 Å². The van der Waals surface area contributed by atoms with E-state index in [1.165, 1.54) is 19.0 Å². The van der Waals surface area contributed by atoms with Gasteiger partial charge in [-0.2, -0.15) is 0 Å². The molecule has 1 fully saturated rings. The Labute approximate surface area is 202 Å². The van der Waals surface area contributed by atoms with Gasteiger partial charge in [-0.3, -0.25) is 4.79 Å². The van der Waals surface area contributed by atoms with Gasteiger partial charge in [0, 0.05) is 40.7 Å². The Bertz CT molecular complexity index is 1460. The van der Waals surface area contributed by atoms with Crippen LogP contribution in [0.2, 0.25) is 0 Å². The molecule has 2 aromatic heterocycles. The molecule has 2 aromatic carbocycles. The van der Waals surface area contributed by atoms with Crippen molar-refractivity contribution in [1.82, 2.24) is 24.8 Å². The van der Waals surface area contributed by atoms with Gasteiger partial charge in [0.2, 0.25) is 0 Å². The minimum Gasteiger partial charge on any atom is -0.349 e. The summed E-state index contributed by atoms with van der Waals surface area (Å²) in [7, 11) is 0. The van der Waals surface area contributed by atoms with Crippen LogP contribution in [0.4, 0.5) is 15.9 Å². The summed E-state index contributed by atoms with van der Waals surface area (Å²) in [5.74, 6) is 0.494. The molecule has 6 rings (SSSR count). The molecule has 0 saturated heterocycles. The summed E-state index contributed by atoms with van der Waals surface area (Å²) in [6.07, 6.45) is 8.28. The van der Waals surface area contributed by atoms with Crippen molar-refractivity contribution in [3.05, 3.63) is 83.3 Å². The maximum Gasteiger partial charge on any atom is 0.251 e. The number of benzene rings is 2. The fourth-order valence-electron chi connectivity index (χ4n) is 4.62. The summed E-state index contributed by atoms with van der Waals surface area (Å²) in [6, 6.07) is 11.4. The molecule has 0 unspecified atom stereocenters. The number of fused-ring (bicyclic) bond motifs is 1. The zero-order valence-electron chi connectivity index (χ0n) is 19.5. The number of nitrogens with one attached hydrogen (secondary N) is 2. The van der Waals surface area contributed by atoms with Gasteiger partial charge in [0.25, 0.3) is 5.91 Å². The lowest BCUT2D eigenvalue weighted by Crippen LogP contribution is -2.39. The number of rotatable bonds is 5. The molecule has 1 saturated carbocycles. The van der Waals surface area contributed by atoms with E-state index in [-0.39, 0.29) is 17.8 Å². The maximum absolute atomic E-state index is 14.6. The second kappa shape index (κ2) is 8.30. The van der Waals surface area contributed by atoms with E-state index in [0.29, 0.717) is 23.0 Å². The van der Waals surface area contributed by atoms with E-state index in [0.717, 1.165) is 34.5 Å². The van der Waals surface area contributed by atoms with Crippen molar-refractivity contribution < 1.29 is 9.18 Å². The molecular weight excluding hydrogens is 443 g/mol. The van der Waals surface area contributed by atoms with Crippen molar-refractivity contribution in [1.29, 1.82) is 0 Å². The van der Waals surface area contributed by atoms with Crippen LogP contribution >= 0.6 is 0 Å². The Morgan fingerprint density at radius 3 is 2.80 bits per heavy atom. The van der Waals surface area contributed by atoms with Crippen LogP contribution in [0.5, 0.6) is 0 Å². The normalized spacial score (nSPS) is 17.1. The van der Waals surface area contributed by atoms with Crippen molar-refractivity contribution in [3.63, 3.8) is 0 Å². The van der Waals surface area contributed by atoms with Crippen molar-refractivity contribution in [2.24, 2.45) is 0 Å². The average Bonchev–Trinajstić information content (AvgIpc) is 3.57. The number of halogens is 1. The predicted molar refractivity (Wildman–Crippen MR) is 132 cm³/mol. The first kappa shape index (κ1) is 21.5. The molecule has 1 aliphatic carbocycles. The highest BCUT2D eigenvalue weighted by Crippen LogP contribution is 2.39. The van der Waals surface area contributed by atoms with Gasteiger partial charge in [0.1, 0.15) is 0 Å². The standard InChI is InChI=1S/C27H25FN6O/c1-15-9-18(5-8-24(15)34-13-23(30-14-34)17-3-4-17)25-29-12-22(28)26(33-25)32-20-6-7-21-19(11-20)10-16(2)31-27(21)35/h5-9,11-14,16-17H,3-4,10H2,1-2H3,(H,31,35)(H,29,32,33)/t16-/m1/s1. The molecule has 176 valence electrons. The molecule has 1 amide bonds. The molecule has 0 radical (unpaired) electrons. The Kier molecular flexibility index (Phi) is 5.09. The fourth-order valence-corrected chi connectivity index (χ4v) is 4.62. The first-order chi connectivity index (χ1) is 16.9. The second-order valence-corrected chi connectivity index (χ2v) is 9.45. The first-order valence-corrected chi connectivity index (χ1v) is 11.8. The van der Waals surface area contributed by atoms with Crippen molar-refractivity contribution in [2.75, 3.05) is 5.32 Å². The smallest absolute Gasteiger partial charge is 0.251 e. The summed E-state index contributed by atoms with van der Waals surface area (Å²) in [5, 5.41) is 5.99. The number of carbonyl (C=O) groups is 1. The largest absolute Gasteiger partial charge is 0.349 e. The number of anilines is 2. The van der Waals surface area contributed by atoms with E-state index in [1.54, 1.807) is 12.1 Å². The van der Waals surface area contributed by atoms with E-state index in [2.05, 4.69) is 31.8 Å². The summed E-state index contributed by atoms with van der Waals surface area (Å²) >= 11 is 0. The Balaban J connectivity index is 1.27. The highest BCUT2D eigenvalue weighted by Gasteiger charge is 2.26. The number of imidazole rings is 1. The monoisotopic (exact) mass is 468 g/mol. The minimum atomic E-state index is -0.544. The molecule has 0 spiro atoms. The van der Waals surface area contributed by atoms with Gasteiger partial charge in [0.05, 0.1) is 18.2 Å². The number of carbonyl (C=O) groups excluding carboxylic acids is 1. The van der Waals surface area contributed by atoms with Crippen LogP contribution in [0.1, 0.15) is 52.9 Å².